The topological polar surface area (TPSA) is 71.1 Å². The van der Waals surface area contributed by atoms with Crippen LogP contribution in [0.1, 0.15) is 12.8 Å². The van der Waals surface area contributed by atoms with Gasteiger partial charge in [0.05, 0.1) is 19.9 Å². The van der Waals surface area contributed by atoms with Gasteiger partial charge < -0.3 is 19.7 Å². The molecule has 2 heterocycles. The first kappa shape index (κ1) is 19.8. The Morgan fingerprint density at radius 2 is 1.43 bits per heavy atom. The van der Waals surface area contributed by atoms with Gasteiger partial charge in [0.1, 0.15) is 17.2 Å². The van der Waals surface area contributed by atoms with E-state index >= 15 is 0 Å². The second-order valence-electron chi connectivity index (χ2n) is 7.34. The van der Waals surface area contributed by atoms with Crippen molar-refractivity contribution in [2.75, 3.05) is 37.5 Å². The van der Waals surface area contributed by atoms with Crippen molar-refractivity contribution < 1.29 is 19.1 Å². The van der Waals surface area contributed by atoms with Crippen molar-refractivity contribution in [1.82, 2.24) is 4.90 Å². The highest BCUT2D eigenvalue weighted by atomic mass is 16.5. The molecule has 1 N–H and O–H groups in total. The molecule has 0 radical (unpaired) electrons. The minimum atomic E-state index is -0.307. The Balaban J connectivity index is 1.36. The summed E-state index contributed by atoms with van der Waals surface area (Å²) in [6.07, 6.45) is 3.21. The van der Waals surface area contributed by atoms with Gasteiger partial charge in [0.2, 0.25) is 0 Å². The average molecular weight is 407 g/mol. The lowest BCUT2D eigenvalue weighted by Gasteiger charge is -2.34. The van der Waals surface area contributed by atoms with Crippen LogP contribution >= 0.6 is 0 Å². The SMILES string of the molecule is COc1ccc(NC2CCN(C3=CC(=O)N(c4ccc(OC)cc4)C3=O)CC2)cc1. The van der Waals surface area contributed by atoms with Crippen molar-refractivity contribution in [3.05, 3.63) is 60.3 Å². The monoisotopic (exact) mass is 407 g/mol. The first-order valence-electron chi connectivity index (χ1n) is 9.99. The van der Waals surface area contributed by atoms with Crippen LogP contribution in [0.5, 0.6) is 11.5 Å². The standard InChI is InChI=1S/C23H25N3O4/c1-29-19-7-3-16(4-8-19)24-17-11-13-25(14-12-17)21-15-22(27)26(23(21)28)18-5-9-20(30-2)10-6-18/h3-10,15,17,24H,11-14H2,1-2H3. The molecule has 2 aromatic rings. The minimum absolute atomic E-state index is 0.272. The number of likely N-dealkylation sites (tertiary alicyclic amines) is 1. The van der Waals surface area contributed by atoms with Crippen LogP contribution in [0.3, 0.4) is 0 Å². The van der Waals surface area contributed by atoms with Crippen LogP contribution in [-0.4, -0.2) is 50.1 Å². The Labute approximate surface area is 175 Å². The number of nitrogens with zero attached hydrogens (tertiary/aromatic N) is 2. The van der Waals surface area contributed by atoms with Gasteiger partial charge >= 0.3 is 0 Å². The smallest absolute Gasteiger partial charge is 0.281 e. The van der Waals surface area contributed by atoms with Crippen LogP contribution in [-0.2, 0) is 9.59 Å². The number of anilines is 2. The molecule has 0 saturated carbocycles. The fourth-order valence-corrected chi connectivity index (χ4v) is 3.85. The number of carbonyl (C=O) groups excluding carboxylic acids is 2. The number of benzene rings is 2. The van der Waals surface area contributed by atoms with Crippen molar-refractivity contribution in [2.45, 2.75) is 18.9 Å². The largest absolute Gasteiger partial charge is 0.497 e. The fourth-order valence-electron chi connectivity index (χ4n) is 3.85. The lowest BCUT2D eigenvalue weighted by molar-refractivity contribution is -0.121. The molecule has 0 bridgehead atoms. The van der Waals surface area contributed by atoms with Crippen molar-refractivity contribution in [1.29, 1.82) is 0 Å². The molecule has 1 fully saturated rings. The number of ether oxygens (including phenoxy) is 2. The molecule has 0 spiro atoms. The van der Waals surface area contributed by atoms with Gasteiger partial charge in [-0.05, 0) is 61.4 Å². The van der Waals surface area contributed by atoms with Crippen LogP contribution in [0, 0.1) is 0 Å². The predicted molar refractivity (Wildman–Crippen MR) is 115 cm³/mol. The summed E-state index contributed by atoms with van der Waals surface area (Å²) in [5, 5.41) is 3.53. The summed E-state index contributed by atoms with van der Waals surface area (Å²) >= 11 is 0. The number of amides is 2. The normalized spacial score (nSPS) is 17.2. The molecule has 156 valence electrons. The molecular weight excluding hydrogens is 382 g/mol. The fraction of sp³-hybridized carbons (Fsp3) is 0.304. The number of carbonyl (C=O) groups is 2. The molecule has 0 aliphatic carbocycles. The maximum Gasteiger partial charge on any atom is 0.281 e. The van der Waals surface area contributed by atoms with E-state index in [0.717, 1.165) is 37.4 Å². The summed E-state index contributed by atoms with van der Waals surface area (Å²) in [5.41, 5.74) is 2.07. The molecule has 2 amide bonds. The summed E-state index contributed by atoms with van der Waals surface area (Å²) in [6, 6.07) is 15.1. The maximum absolute atomic E-state index is 12.9. The summed E-state index contributed by atoms with van der Waals surface area (Å²) in [6.45, 7) is 1.43. The Hall–Kier alpha value is -3.48. The molecule has 2 aromatic carbocycles. The summed E-state index contributed by atoms with van der Waals surface area (Å²) < 4.78 is 10.3. The van der Waals surface area contributed by atoms with E-state index < -0.39 is 0 Å². The van der Waals surface area contributed by atoms with E-state index in [0.29, 0.717) is 23.2 Å². The quantitative estimate of drug-likeness (QED) is 0.743. The summed E-state index contributed by atoms with van der Waals surface area (Å²) in [7, 11) is 3.23. The molecule has 30 heavy (non-hydrogen) atoms. The molecule has 2 aliphatic heterocycles. The van der Waals surface area contributed by atoms with Crippen molar-refractivity contribution in [3.63, 3.8) is 0 Å². The predicted octanol–water partition coefficient (Wildman–Crippen LogP) is 3.04. The van der Waals surface area contributed by atoms with Crippen molar-refractivity contribution >= 4 is 23.2 Å². The highest BCUT2D eigenvalue weighted by Gasteiger charge is 2.36. The van der Waals surface area contributed by atoms with Crippen LogP contribution in [0.15, 0.2) is 60.3 Å². The summed E-state index contributed by atoms with van der Waals surface area (Å²) in [4.78, 5) is 28.7. The third kappa shape index (κ3) is 3.96. The number of imide groups is 1. The molecule has 0 unspecified atom stereocenters. The lowest BCUT2D eigenvalue weighted by atomic mass is 10.0. The number of piperidine rings is 1. The van der Waals surface area contributed by atoms with Gasteiger partial charge in [-0.25, -0.2) is 4.90 Å². The highest BCUT2D eigenvalue weighted by Crippen LogP contribution is 2.28. The molecule has 7 nitrogen and oxygen atoms in total. The second kappa shape index (κ2) is 8.49. The number of rotatable bonds is 6. The van der Waals surface area contributed by atoms with Gasteiger partial charge in [0, 0.05) is 30.9 Å². The Kier molecular flexibility index (Phi) is 5.61. The molecule has 4 rings (SSSR count). The Morgan fingerprint density at radius 1 is 0.867 bits per heavy atom. The van der Waals surface area contributed by atoms with Gasteiger partial charge in [-0.15, -0.1) is 0 Å². The van der Waals surface area contributed by atoms with E-state index in [1.165, 1.54) is 11.0 Å². The third-order valence-corrected chi connectivity index (χ3v) is 5.53. The van der Waals surface area contributed by atoms with Crippen molar-refractivity contribution in [2.24, 2.45) is 0 Å². The minimum Gasteiger partial charge on any atom is -0.497 e. The van der Waals surface area contributed by atoms with Gasteiger partial charge in [-0.2, -0.15) is 0 Å². The Bertz CT molecular complexity index is 945. The van der Waals surface area contributed by atoms with Gasteiger partial charge in [0.25, 0.3) is 11.8 Å². The van der Waals surface area contributed by atoms with Crippen LogP contribution < -0.4 is 19.7 Å². The van der Waals surface area contributed by atoms with E-state index in [1.807, 2.05) is 29.2 Å². The van der Waals surface area contributed by atoms with E-state index in [2.05, 4.69) is 5.32 Å². The molecular formula is C23H25N3O4. The first-order chi connectivity index (χ1) is 14.6. The van der Waals surface area contributed by atoms with E-state index in [-0.39, 0.29) is 11.8 Å². The van der Waals surface area contributed by atoms with E-state index in [9.17, 15) is 9.59 Å². The van der Waals surface area contributed by atoms with Crippen LogP contribution in [0.25, 0.3) is 0 Å². The molecule has 0 aromatic heterocycles. The molecule has 0 atom stereocenters. The van der Waals surface area contributed by atoms with Gasteiger partial charge in [0.15, 0.2) is 0 Å². The number of methoxy groups -OCH3 is 2. The van der Waals surface area contributed by atoms with Gasteiger partial charge in [-0.3, -0.25) is 9.59 Å². The molecule has 1 saturated heterocycles. The highest BCUT2D eigenvalue weighted by molar-refractivity contribution is 6.30. The molecule has 7 heteroatoms. The van der Waals surface area contributed by atoms with Crippen LogP contribution in [0.2, 0.25) is 0 Å². The zero-order chi connectivity index (χ0) is 21.1. The maximum atomic E-state index is 12.9. The zero-order valence-electron chi connectivity index (χ0n) is 17.1. The third-order valence-electron chi connectivity index (χ3n) is 5.53. The number of nitrogens with one attached hydrogen (secondary N) is 1. The first-order valence-corrected chi connectivity index (χ1v) is 9.99. The molecule has 2 aliphatic rings. The van der Waals surface area contributed by atoms with Gasteiger partial charge in [-0.1, -0.05) is 0 Å². The zero-order valence-corrected chi connectivity index (χ0v) is 17.1. The Morgan fingerprint density at radius 3 is 2.00 bits per heavy atom. The number of hydrogen-bond acceptors (Lipinski definition) is 6. The average Bonchev–Trinajstić information content (AvgIpc) is 3.09. The van der Waals surface area contributed by atoms with Crippen molar-refractivity contribution in [3.8, 4) is 11.5 Å². The van der Waals surface area contributed by atoms with E-state index in [4.69, 9.17) is 9.47 Å². The van der Waals surface area contributed by atoms with Crippen LogP contribution in [0.4, 0.5) is 11.4 Å². The van der Waals surface area contributed by atoms with E-state index in [1.54, 1.807) is 38.5 Å². The number of hydrogen-bond donors (Lipinski definition) is 1. The lowest BCUT2D eigenvalue weighted by Crippen LogP contribution is -2.41. The summed E-state index contributed by atoms with van der Waals surface area (Å²) in [5.74, 6) is 0.927. The second-order valence-corrected chi connectivity index (χ2v) is 7.34.